The number of amides is 1. The summed E-state index contributed by atoms with van der Waals surface area (Å²) in [5.41, 5.74) is 0.700. The second-order valence-electron chi connectivity index (χ2n) is 6.01. The van der Waals surface area contributed by atoms with Crippen LogP contribution in [0, 0.1) is 0 Å². The number of carbonyl (C=O) groups excluding carboxylic acids is 2. The Morgan fingerprint density at radius 1 is 1.32 bits per heavy atom. The van der Waals surface area contributed by atoms with Gasteiger partial charge in [-0.1, -0.05) is 20.8 Å². The topological polar surface area (TPSA) is 87.7 Å². The highest BCUT2D eigenvalue weighted by Crippen LogP contribution is 2.34. The first kappa shape index (κ1) is 17.8. The van der Waals surface area contributed by atoms with Gasteiger partial charge in [-0.05, 0) is 30.5 Å². The van der Waals surface area contributed by atoms with Crippen molar-refractivity contribution in [2.75, 3.05) is 13.7 Å². The number of ether oxygens (including phenoxy) is 2. The number of carboxylic acids is 1. The molecule has 1 aromatic rings. The lowest BCUT2D eigenvalue weighted by molar-refractivity contribution is -0.307. The molecule has 1 N–H and O–H groups in total. The molecular weight excluding hydrogens is 286 g/mol. The van der Waals surface area contributed by atoms with Gasteiger partial charge in [-0.3, -0.25) is 4.79 Å². The van der Waals surface area contributed by atoms with E-state index in [1.54, 1.807) is 19.2 Å². The molecule has 1 rings (SSSR count). The van der Waals surface area contributed by atoms with E-state index < -0.39 is 17.9 Å². The third-order valence-corrected chi connectivity index (χ3v) is 3.08. The van der Waals surface area contributed by atoms with Gasteiger partial charge in [0.1, 0.15) is 11.5 Å². The van der Waals surface area contributed by atoms with Crippen molar-refractivity contribution < 1.29 is 24.2 Å². The number of aliphatic carboxylic acids is 1. The summed E-state index contributed by atoms with van der Waals surface area (Å²) >= 11 is 0. The van der Waals surface area contributed by atoms with Gasteiger partial charge in [0.05, 0.1) is 19.1 Å². The van der Waals surface area contributed by atoms with Crippen LogP contribution in [-0.2, 0) is 15.0 Å². The van der Waals surface area contributed by atoms with E-state index in [-0.39, 0.29) is 12.0 Å². The Bertz CT molecular complexity index is 548. The van der Waals surface area contributed by atoms with E-state index in [1.165, 1.54) is 6.92 Å². The predicted molar refractivity (Wildman–Crippen MR) is 79.8 cm³/mol. The minimum atomic E-state index is -1.34. The normalized spacial score (nSPS) is 12.4. The van der Waals surface area contributed by atoms with Gasteiger partial charge in [0.2, 0.25) is 0 Å². The Labute approximate surface area is 130 Å². The Hall–Kier alpha value is -2.24. The molecule has 1 amide bonds. The number of carboxylic acid groups (broad SMARTS) is 1. The summed E-state index contributed by atoms with van der Waals surface area (Å²) in [5, 5.41) is 12.9. The molecule has 0 saturated carbocycles. The monoisotopic (exact) mass is 308 g/mol. The van der Waals surface area contributed by atoms with Crippen LogP contribution in [0.1, 0.15) is 33.3 Å². The van der Waals surface area contributed by atoms with Gasteiger partial charge in [0.25, 0.3) is 5.91 Å². The van der Waals surface area contributed by atoms with Crippen LogP contribution in [0.4, 0.5) is 0 Å². The maximum Gasteiger partial charge on any atom is 0.258 e. The molecule has 0 heterocycles. The largest absolute Gasteiger partial charge is 0.548 e. The Balaban J connectivity index is 2.81. The fourth-order valence-corrected chi connectivity index (χ4v) is 1.83. The van der Waals surface area contributed by atoms with E-state index in [4.69, 9.17) is 9.47 Å². The van der Waals surface area contributed by atoms with Crippen LogP contribution in [0.3, 0.4) is 0 Å². The molecule has 0 bridgehead atoms. The Morgan fingerprint density at radius 3 is 2.45 bits per heavy atom. The van der Waals surface area contributed by atoms with Gasteiger partial charge < -0.3 is 24.7 Å². The van der Waals surface area contributed by atoms with Crippen molar-refractivity contribution >= 4 is 11.9 Å². The minimum absolute atomic E-state index is 0.196. The fraction of sp³-hybridized carbons (Fsp3) is 0.500. The SMILES string of the molecule is COc1ccc(OCC(=O)N[C@H](C)C(=O)[O-])c(C(C)(C)C)c1. The quantitative estimate of drug-likeness (QED) is 0.832. The number of methoxy groups -OCH3 is 1. The van der Waals surface area contributed by atoms with Gasteiger partial charge in [-0.25, -0.2) is 0 Å². The summed E-state index contributed by atoms with van der Waals surface area (Å²) in [6.45, 7) is 7.13. The van der Waals surface area contributed by atoms with Crippen LogP contribution in [0.25, 0.3) is 0 Å². The van der Waals surface area contributed by atoms with Gasteiger partial charge in [0.15, 0.2) is 6.61 Å². The second-order valence-corrected chi connectivity index (χ2v) is 6.01. The lowest BCUT2D eigenvalue weighted by Crippen LogP contribution is -2.47. The standard InChI is InChI=1S/C16H23NO5/c1-10(15(19)20)17-14(18)9-22-13-7-6-11(21-5)8-12(13)16(2,3)4/h6-8,10H,9H2,1-5H3,(H,17,18)(H,19,20)/p-1/t10-/m1/s1. The smallest absolute Gasteiger partial charge is 0.258 e. The molecule has 22 heavy (non-hydrogen) atoms. The molecule has 0 unspecified atom stereocenters. The van der Waals surface area contributed by atoms with Crippen LogP contribution >= 0.6 is 0 Å². The summed E-state index contributed by atoms with van der Waals surface area (Å²) in [4.78, 5) is 22.2. The molecule has 0 radical (unpaired) electrons. The van der Waals surface area contributed by atoms with Crippen molar-refractivity contribution in [1.82, 2.24) is 5.32 Å². The first-order chi connectivity index (χ1) is 10.1. The number of benzene rings is 1. The number of nitrogens with one attached hydrogen (secondary N) is 1. The average Bonchev–Trinajstić information content (AvgIpc) is 2.43. The zero-order valence-electron chi connectivity index (χ0n) is 13.6. The lowest BCUT2D eigenvalue weighted by atomic mass is 9.86. The first-order valence-electron chi connectivity index (χ1n) is 6.96. The fourth-order valence-electron chi connectivity index (χ4n) is 1.83. The number of carbonyl (C=O) groups is 2. The molecule has 0 aliphatic heterocycles. The molecular formula is C16H22NO5-. The number of rotatable bonds is 6. The molecule has 6 nitrogen and oxygen atoms in total. The summed E-state index contributed by atoms with van der Waals surface area (Å²) in [6.07, 6.45) is 0. The third kappa shape index (κ3) is 4.95. The summed E-state index contributed by atoms with van der Waals surface area (Å²) in [7, 11) is 1.58. The van der Waals surface area contributed by atoms with Crippen LogP contribution in [0.2, 0.25) is 0 Å². The molecule has 0 saturated heterocycles. The van der Waals surface area contributed by atoms with Crippen LogP contribution < -0.4 is 19.9 Å². The van der Waals surface area contributed by atoms with Crippen LogP contribution in [0.15, 0.2) is 18.2 Å². The average molecular weight is 308 g/mol. The maximum absolute atomic E-state index is 11.7. The van der Waals surface area contributed by atoms with Gasteiger partial charge >= 0.3 is 0 Å². The molecule has 1 atom stereocenters. The highest BCUT2D eigenvalue weighted by Gasteiger charge is 2.20. The summed E-state index contributed by atoms with van der Waals surface area (Å²) < 4.78 is 10.7. The Kier molecular flexibility index (Phi) is 5.79. The zero-order chi connectivity index (χ0) is 16.9. The third-order valence-electron chi connectivity index (χ3n) is 3.08. The maximum atomic E-state index is 11.7. The Morgan fingerprint density at radius 2 is 1.95 bits per heavy atom. The molecule has 6 heteroatoms. The van der Waals surface area contributed by atoms with Gasteiger partial charge in [0, 0.05) is 5.56 Å². The predicted octanol–water partition coefficient (Wildman–Crippen LogP) is 0.626. The van der Waals surface area contributed by atoms with E-state index in [0.29, 0.717) is 11.5 Å². The molecule has 0 fully saturated rings. The minimum Gasteiger partial charge on any atom is -0.548 e. The van der Waals surface area contributed by atoms with Crippen LogP contribution in [0.5, 0.6) is 11.5 Å². The molecule has 0 aliphatic rings. The van der Waals surface area contributed by atoms with Gasteiger partial charge in [-0.15, -0.1) is 0 Å². The highest BCUT2D eigenvalue weighted by molar-refractivity contribution is 5.83. The van der Waals surface area contributed by atoms with E-state index in [1.807, 2.05) is 26.8 Å². The van der Waals surface area contributed by atoms with E-state index in [9.17, 15) is 14.7 Å². The summed E-state index contributed by atoms with van der Waals surface area (Å²) in [6, 6.07) is 4.27. The highest BCUT2D eigenvalue weighted by atomic mass is 16.5. The number of hydrogen-bond acceptors (Lipinski definition) is 5. The van der Waals surface area contributed by atoms with Crippen molar-refractivity contribution in [2.24, 2.45) is 0 Å². The van der Waals surface area contributed by atoms with Crippen molar-refractivity contribution in [3.05, 3.63) is 23.8 Å². The van der Waals surface area contributed by atoms with Gasteiger partial charge in [-0.2, -0.15) is 0 Å². The zero-order valence-corrected chi connectivity index (χ0v) is 13.6. The number of hydrogen-bond donors (Lipinski definition) is 1. The van der Waals surface area contributed by atoms with E-state index in [2.05, 4.69) is 5.32 Å². The second kappa shape index (κ2) is 7.15. The summed E-state index contributed by atoms with van der Waals surface area (Å²) in [5.74, 6) is -0.600. The molecule has 0 aliphatic carbocycles. The van der Waals surface area contributed by atoms with E-state index >= 15 is 0 Å². The lowest BCUT2D eigenvalue weighted by Gasteiger charge is -2.23. The molecule has 0 spiro atoms. The molecule has 0 aromatic heterocycles. The van der Waals surface area contributed by atoms with Crippen LogP contribution in [-0.4, -0.2) is 31.6 Å². The molecule has 122 valence electrons. The van der Waals surface area contributed by atoms with E-state index in [0.717, 1.165) is 5.56 Å². The van der Waals surface area contributed by atoms with Crippen molar-refractivity contribution in [3.8, 4) is 11.5 Å². The van der Waals surface area contributed by atoms with Crippen molar-refractivity contribution in [1.29, 1.82) is 0 Å². The first-order valence-corrected chi connectivity index (χ1v) is 6.96. The van der Waals surface area contributed by atoms with Crippen molar-refractivity contribution in [3.63, 3.8) is 0 Å². The molecule has 1 aromatic carbocycles. The van der Waals surface area contributed by atoms with Crippen molar-refractivity contribution in [2.45, 2.75) is 39.2 Å².